The number of ether oxygens (including phenoxy) is 1. The standard InChI is InChI=1S/C25H29N5O/c1-18-6-4-7-19(14-18)23-15-20(17-28(2)3)30(27-23)25-16-24(29-10-12-31-13-11-29)21-8-5-9-22(21)26-25/h4-7,9,14-16H,8,10-13,17H2,1-3H3. The first kappa shape index (κ1) is 20.0. The number of pyridine rings is 1. The van der Waals surface area contributed by atoms with Gasteiger partial charge in [-0.3, -0.25) is 0 Å². The van der Waals surface area contributed by atoms with E-state index in [1.165, 1.54) is 16.8 Å². The second-order valence-corrected chi connectivity index (χ2v) is 8.61. The number of aryl methyl sites for hydroxylation is 1. The number of benzene rings is 1. The maximum Gasteiger partial charge on any atom is 0.156 e. The molecule has 1 aliphatic heterocycles. The largest absolute Gasteiger partial charge is 0.378 e. The van der Waals surface area contributed by atoms with Gasteiger partial charge in [-0.25, -0.2) is 9.67 Å². The third-order valence-corrected chi connectivity index (χ3v) is 5.86. The Balaban J connectivity index is 1.62. The molecule has 0 amide bonds. The zero-order valence-corrected chi connectivity index (χ0v) is 18.5. The Hall–Kier alpha value is -2.96. The molecule has 1 aromatic carbocycles. The van der Waals surface area contributed by atoms with Gasteiger partial charge in [-0.1, -0.05) is 29.8 Å². The lowest BCUT2D eigenvalue weighted by atomic mass is 10.1. The molecular formula is C25H29N5O. The van der Waals surface area contributed by atoms with Gasteiger partial charge in [0.05, 0.1) is 30.3 Å². The molecule has 6 heteroatoms. The zero-order chi connectivity index (χ0) is 21.4. The van der Waals surface area contributed by atoms with Crippen LogP contribution in [0, 0.1) is 6.92 Å². The molecule has 2 aromatic heterocycles. The monoisotopic (exact) mass is 415 g/mol. The topological polar surface area (TPSA) is 46.4 Å². The summed E-state index contributed by atoms with van der Waals surface area (Å²) in [7, 11) is 4.17. The number of rotatable bonds is 5. The van der Waals surface area contributed by atoms with Gasteiger partial charge in [0.25, 0.3) is 0 Å². The molecule has 3 aromatic rings. The molecule has 5 rings (SSSR count). The van der Waals surface area contributed by atoms with Crippen molar-refractivity contribution < 1.29 is 4.74 Å². The van der Waals surface area contributed by atoms with Crippen molar-refractivity contribution >= 4 is 11.8 Å². The van der Waals surface area contributed by atoms with Crippen molar-refractivity contribution in [2.45, 2.75) is 19.9 Å². The van der Waals surface area contributed by atoms with Gasteiger partial charge in [-0.15, -0.1) is 0 Å². The summed E-state index contributed by atoms with van der Waals surface area (Å²) in [5, 5.41) is 5.02. The predicted octanol–water partition coefficient (Wildman–Crippen LogP) is 3.71. The summed E-state index contributed by atoms with van der Waals surface area (Å²) >= 11 is 0. The summed E-state index contributed by atoms with van der Waals surface area (Å²) in [4.78, 5) is 9.61. The molecule has 0 bridgehead atoms. The first-order valence-electron chi connectivity index (χ1n) is 10.9. The molecule has 1 saturated heterocycles. The van der Waals surface area contributed by atoms with Crippen LogP contribution in [0.2, 0.25) is 0 Å². The Morgan fingerprint density at radius 3 is 2.71 bits per heavy atom. The quantitative estimate of drug-likeness (QED) is 0.636. The Bertz CT molecular complexity index is 1120. The number of aromatic nitrogens is 3. The Morgan fingerprint density at radius 1 is 1.10 bits per heavy atom. The van der Waals surface area contributed by atoms with Crippen LogP contribution in [-0.2, 0) is 17.7 Å². The molecule has 0 N–H and O–H groups in total. The number of allylic oxidation sites excluding steroid dienone is 1. The van der Waals surface area contributed by atoms with Crippen LogP contribution in [0.25, 0.3) is 23.2 Å². The second kappa shape index (κ2) is 8.29. The molecule has 1 aliphatic carbocycles. The van der Waals surface area contributed by atoms with Crippen molar-refractivity contribution in [3.8, 4) is 17.1 Å². The molecule has 0 saturated carbocycles. The van der Waals surface area contributed by atoms with Gasteiger partial charge in [-0.2, -0.15) is 5.10 Å². The van der Waals surface area contributed by atoms with Gasteiger partial charge in [0.1, 0.15) is 0 Å². The summed E-state index contributed by atoms with van der Waals surface area (Å²) in [6.45, 7) is 6.27. The van der Waals surface area contributed by atoms with Crippen molar-refractivity contribution in [1.82, 2.24) is 19.7 Å². The molecule has 0 atom stereocenters. The summed E-state index contributed by atoms with van der Waals surface area (Å²) in [5.41, 5.74) is 8.10. The third kappa shape index (κ3) is 4.01. The SMILES string of the molecule is Cc1cccc(-c2cc(CN(C)C)n(-c3cc(N4CCOCC4)c4c(n3)C=CC4)n2)c1. The average Bonchev–Trinajstić information content (AvgIpc) is 3.40. The average molecular weight is 416 g/mol. The van der Waals surface area contributed by atoms with Gasteiger partial charge in [0.15, 0.2) is 5.82 Å². The van der Waals surface area contributed by atoms with Gasteiger partial charge in [-0.05, 0) is 45.6 Å². The third-order valence-electron chi connectivity index (χ3n) is 5.86. The summed E-state index contributed by atoms with van der Waals surface area (Å²) < 4.78 is 7.61. The number of fused-ring (bicyclic) bond motifs is 1. The number of nitrogens with zero attached hydrogens (tertiary/aromatic N) is 5. The smallest absolute Gasteiger partial charge is 0.156 e. The number of morpholine rings is 1. The van der Waals surface area contributed by atoms with Crippen LogP contribution in [0.1, 0.15) is 22.5 Å². The van der Waals surface area contributed by atoms with Crippen molar-refractivity contribution in [3.05, 3.63) is 65.0 Å². The number of hydrogen-bond acceptors (Lipinski definition) is 5. The minimum atomic E-state index is 0.769. The fourth-order valence-electron chi connectivity index (χ4n) is 4.39. The van der Waals surface area contributed by atoms with Gasteiger partial charge >= 0.3 is 0 Å². The van der Waals surface area contributed by atoms with E-state index in [2.05, 4.69) is 79.4 Å². The van der Waals surface area contributed by atoms with Crippen LogP contribution in [0.5, 0.6) is 0 Å². The Labute approximate surface area is 183 Å². The van der Waals surface area contributed by atoms with Gasteiger partial charge in [0.2, 0.25) is 0 Å². The maximum absolute atomic E-state index is 5.58. The molecule has 0 spiro atoms. The molecule has 0 unspecified atom stereocenters. The minimum Gasteiger partial charge on any atom is -0.378 e. The molecule has 160 valence electrons. The van der Waals surface area contributed by atoms with E-state index in [0.717, 1.165) is 67.7 Å². The minimum absolute atomic E-state index is 0.769. The van der Waals surface area contributed by atoms with E-state index in [0.29, 0.717) is 0 Å². The summed E-state index contributed by atoms with van der Waals surface area (Å²) in [5.74, 6) is 0.877. The van der Waals surface area contributed by atoms with Crippen LogP contribution < -0.4 is 4.90 Å². The van der Waals surface area contributed by atoms with Crippen LogP contribution in [0.3, 0.4) is 0 Å². The first-order chi connectivity index (χ1) is 15.1. The van der Waals surface area contributed by atoms with E-state index in [9.17, 15) is 0 Å². The molecule has 3 heterocycles. The van der Waals surface area contributed by atoms with Crippen molar-refractivity contribution in [3.63, 3.8) is 0 Å². The van der Waals surface area contributed by atoms with Crippen LogP contribution in [0.15, 0.2) is 42.5 Å². The molecular weight excluding hydrogens is 386 g/mol. The highest BCUT2D eigenvalue weighted by Crippen LogP contribution is 2.32. The molecule has 0 radical (unpaired) electrons. The lowest BCUT2D eigenvalue weighted by Gasteiger charge is -2.31. The number of anilines is 1. The van der Waals surface area contributed by atoms with Gasteiger partial charge in [0, 0.05) is 42.5 Å². The highest BCUT2D eigenvalue weighted by Gasteiger charge is 2.22. The molecule has 1 fully saturated rings. The van der Waals surface area contributed by atoms with Gasteiger partial charge < -0.3 is 14.5 Å². The highest BCUT2D eigenvalue weighted by molar-refractivity contribution is 5.70. The highest BCUT2D eigenvalue weighted by atomic mass is 16.5. The van der Waals surface area contributed by atoms with E-state index in [1.54, 1.807) is 0 Å². The first-order valence-corrected chi connectivity index (χ1v) is 10.9. The zero-order valence-electron chi connectivity index (χ0n) is 18.5. The van der Waals surface area contributed by atoms with E-state index in [1.807, 2.05) is 4.68 Å². The molecule has 2 aliphatic rings. The van der Waals surface area contributed by atoms with E-state index in [-0.39, 0.29) is 0 Å². The van der Waals surface area contributed by atoms with Crippen molar-refractivity contribution in [1.29, 1.82) is 0 Å². The van der Waals surface area contributed by atoms with E-state index >= 15 is 0 Å². The second-order valence-electron chi connectivity index (χ2n) is 8.61. The number of hydrogen-bond donors (Lipinski definition) is 0. The summed E-state index contributed by atoms with van der Waals surface area (Å²) in [6.07, 6.45) is 5.28. The van der Waals surface area contributed by atoms with E-state index in [4.69, 9.17) is 14.8 Å². The maximum atomic E-state index is 5.58. The van der Waals surface area contributed by atoms with Crippen molar-refractivity contribution in [2.24, 2.45) is 0 Å². The predicted molar refractivity (Wildman–Crippen MR) is 125 cm³/mol. The molecule has 31 heavy (non-hydrogen) atoms. The van der Waals surface area contributed by atoms with Crippen LogP contribution in [-0.4, -0.2) is 60.1 Å². The Kier molecular flexibility index (Phi) is 5.34. The molecule has 6 nitrogen and oxygen atoms in total. The van der Waals surface area contributed by atoms with Crippen LogP contribution in [0.4, 0.5) is 5.69 Å². The van der Waals surface area contributed by atoms with Crippen LogP contribution >= 0.6 is 0 Å². The fraction of sp³-hybridized carbons (Fsp3) is 0.360. The normalized spacial score (nSPS) is 15.7. The van der Waals surface area contributed by atoms with Crippen molar-refractivity contribution in [2.75, 3.05) is 45.3 Å². The fourth-order valence-corrected chi connectivity index (χ4v) is 4.39. The lowest BCUT2D eigenvalue weighted by molar-refractivity contribution is 0.122. The Morgan fingerprint density at radius 2 is 1.94 bits per heavy atom. The summed E-state index contributed by atoms with van der Waals surface area (Å²) in [6, 6.07) is 12.9. The van der Waals surface area contributed by atoms with E-state index < -0.39 is 0 Å². The lowest BCUT2D eigenvalue weighted by Crippen LogP contribution is -2.37.